The van der Waals surface area contributed by atoms with Gasteiger partial charge in [0.15, 0.2) is 5.65 Å². The summed E-state index contributed by atoms with van der Waals surface area (Å²) < 4.78 is 2.18. The van der Waals surface area contributed by atoms with E-state index in [2.05, 4.69) is 43.3 Å². The molecule has 0 aliphatic rings. The number of aromatic nitrogens is 4. The van der Waals surface area contributed by atoms with Gasteiger partial charge in [-0.3, -0.25) is 10.1 Å². The summed E-state index contributed by atoms with van der Waals surface area (Å²) >= 11 is 0. The van der Waals surface area contributed by atoms with Crippen molar-refractivity contribution in [2.45, 2.75) is 39.2 Å². The van der Waals surface area contributed by atoms with Gasteiger partial charge in [-0.25, -0.2) is 5.43 Å². The van der Waals surface area contributed by atoms with E-state index in [1.54, 1.807) is 12.1 Å². The fraction of sp³-hybridized carbons (Fsp3) is 0.273. The highest BCUT2D eigenvalue weighted by Gasteiger charge is 2.14. The minimum absolute atomic E-state index is 0.0101. The number of nitro groups is 1. The number of anilines is 1. The average molecular weight is 417 g/mol. The maximum atomic E-state index is 10.9. The van der Waals surface area contributed by atoms with Crippen molar-refractivity contribution < 1.29 is 4.92 Å². The summed E-state index contributed by atoms with van der Waals surface area (Å²) in [6.07, 6.45) is 6.12. The zero-order valence-electron chi connectivity index (χ0n) is 17.2. The summed E-state index contributed by atoms with van der Waals surface area (Å²) in [5, 5.41) is 24.6. The summed E-state index contributed by atoms with van der Waals surface area (Å²) in [6.45, 7) is 3.06. The van der Waals surface area contributed by atoms with E-state index in [-0.39, 0.29) is 11.6 Å². The Bertz CT molecular complexity index is 1250. The van der Waals surface area contributed by atoms with E-state index in [0.717, 1.165) is 35.0 Å². The summed E-state index contributed by atoms with van der Waals surface area (Å²) in [5.74, 6) is 0.270. The smallest absolute Gasteiger partial charge is 0.270 e. The van der Waals surface area contributed by atoms with Gasteiger partial charge in [-0.1, -0.05) is 56.5 Å². The minimum atomic E-state index is -0.439. The van der Waals surface area contributed by atoms with Crippen molar-refractivity contribution in [2.24, 2.45) is 5.10 Å². The molecule has 4 rings (SSSR count). The molecule has 0 amide bonds. The van der Waals surface area contributed by atoms with Gasteiger partial charge < -0.3 is 4.57 Å². The molecule has 0 saturated heterocycles. The second-order valence-electron chi connectivity index (χ2n) is 7.26. The van der Waals surface area contributed by atoms with Crippen LogP contribution in [0.3, 0.4) is 0 Å². The summed E-state index contributed by atoms with van der Waals surface area (Å²) in [5.41, 5.74) is 6.01. The SMILES string of the molecule is CCCCCCn1c2ccccc2c2nnc(N/N=C/c3cccc([N+](=O)[O-])c3)nc21. The third-order valence-electron chi connectivity index (χ3n) is 5.07. The normalized spacial score (nSPS) is 11.5. The third kappa shape index (κ3) is 4.50. The lowest BCUT2D eigenvalue weighted by molar-refractivity contribution is -0.384. The number of nitro benzene ring substituents is 1. The van der Waals surface area contributed by atoms with Crippen LogP contribution in [-0.2, 0) is 6.54 Å². The summed E-state index contributed by atoms with van der Waals surface area (Å²) in [7, 11) is 0. The Morgan fingerprint density at radius 3 is 2.84 bits per heavy atom. The van der Waals surface area contributed by atoms with Gasteiger partial charge in [0.05, 0.1) is 16.7 Å². The van der Waals surface area contributed by atoms with Gasteiger partial charge in [-0.2, -0.15) is 10.1 Å². The fourth-order valence-electron chi connectivity index (χ4n) is 3.56. The van der Waals surface area contributed by atoms with Gasteiger partial charge in [0, 0.05) is 29.6 Å². The van der Waals surface area contributed by atoms with E-state index < -0.39 is 4.92 Å². The van der Waals surface area contributed by atoms with Crippen molar-refractivity contribution in [2.75, 3.05) is 5.43 Å². The number of hydrogen-bond acceptors (Lipinski definition) is 7. The first-order valence-electron chi connectivity index (χ1n) is 10.3. The maximum Gasteiger partial charge on any atom is 0.270 e. The van der Waals surface area contributed by atoms with Crippen molar-refractivity contribution in [3.05, 3.63) is 64.2 Å². The lowest BCUT2D eigenvalue weighted by Crippen LogP contribution is -2.03. The van der Waals surface area contributed by atoms with Crippen LogP contribution in [0.5, 0.6) is 0 Å². The first kappa shape index (κ1) is 20.4. The molecule has 2 heterocycles. The number of non-ortho nitro benzene ring substituents is 1. The molecule has 31 heavy (non-hydrogen) atoms. The fourth-order valence-corrected chi connectivity index (χ4v) is 3.56. The molecule has 0 fully saturated rings. The first-order valence-corrected chi connectivity index (χ1v) is 10.3. The quantitative estimate of drug-likeness (QED) is 0.179. The van der Waals surface area contributed by atoms with Gasteiger partial charge in [-0.05, 0) is 12.5 Å². The Labute approximate surface area is 179 Å². The maximum absolute atomic E-state index is 10.9. The van der Waals surface area contributed by atoms with Crippen LogP contribution in [0, 0.1) is 10.1 Å². The van der Waals surface area contributed by atoms with Crippen LogP contribution in [0.4, 0.5) is 11.6 Å². The molecule has 0 bridgehead atoms. The number of nitrogens with zero attached hydrogens (tertiary/aromatic N) is 6. The standard InChI is InChI=1S/C22H23N7O2/c1-2-3-4-7-13-28-19-12-6-5-11-18(19)20-21(28)24-22(27-25-20)26-23-15-16-9-8-10-17(14-16)29(30)31/h5-6,8-12,14-15H,2-4,7,13H2,1H3,(H,24,26,27)/b23-15+. The average Bonchev–Trinajstić information content (AvgIpc) is 3.10. The predicted octanol–water partition coefficient (Wildman–Crippen LogP) is 4.91. The van der Waals surface area contributed by atoms with E-state index in [1.165, 1.54) is 37.6 Å². The lowest BCUT2D eigenvalue weighted by atomic mass is 10.2. The van der Waals surface area contributed by atoms with Crippen molar-refractivity contribution in [1.29, 1.82) is 0 Å². The number of para-hydroxylation sites is 1. The van der Waals surface area contributed by atoms with Crippen molar-refractivity contribution in [3.63, 3.8) is 0 Å². The van der Waals surface area contributed by atoms with E-state index in [0.29, 0.717) is 5.56 Å². The van der Waals surface area contributed by atoms with Crippen molar-refractivity contribution in [3.8, 4) is 0 Å². The molecule has 158 valence electrons. The highest BCUT2D eigenvalue weighted by atomic mass is 16.6. The van der Waals surface area contributed by atoms with Crippen molar-refractivity contribution in [1.82, 2.24) is 19.7 Å². The topological polar surface area (TPSA) is 111 Å². The summed E-state index contributed by atoms with van der Waals surface area (Å²) in [6, 6.07) is 14.3. The number of nitrogens with one attached hydrogen (secondary N) is 1. The molecule has 9 heteroatoms. The molecule has 9 nitrogen and oxygen atoms in total. The number of aryl methyl sites for hydroxylation is 1. The molecule has 2 aromatic heterocycles. The highest BCUT2D eigenvalue weighted by Crippen LogP contribution is 2.27. The zero-order valence-corrected chi connectivity index (χ0v) is 17.2. The zero-order chi connectivity index (χ0) is 21.6. The number of unbranched alkanes of at least 4 members (excludes halogenated alkanes) is 3. The molecule has 4 aromatic rings. The molecule has 0 radical (unpaired) electrons. The number of benzene rings is 2. The number of fused-ring (bicyclic) bond motifs is 3. The number of hydrazone groups is 1. The Kier molecular flexibility index (Phi) is 6.11. The van der Waals surface area contributed by atoms with E-state index in [1.807, 2.05) is 18.2 Å². The van der Waals surface area contributed by atoms with Crippen LogP contribution in [0.25, 0.3) is 22.1 Å². The largest absolute Gasteiger partial charge is 0.324 e. The Morgan fingerprint density at radius 1 is 1.13 bits per heavy atom. The molecule has 0 spiro atoms. The molecule has 0 aliphatic heterocycles. The van der Waals surface area contributed by atoms with Gasteiger partial charge in [0.25, 0.3) is 11.6 Å². The Balaban J connectivity index is 1.60. The highest BCUT2D eigenvalue weighted by molar-refractivity contribution is 6.04. The van der Waals surface area contributed by atoms with Crippen LogP contribution in [0.1, 0.15) is 38.2 Å². The predicted molar refractivity (Wildman–Crippen MR) is 121 cm³/mol. The molecule has 1 N–H and O–H groups in total. The van der Waals surface area contributed by atoms with Gasteiger partial charge in [-0.15, -0.1) is 10.2 Å². The minimum Gasteiger partial charge on any atom is -0.324 e. The molecule has 2 aromatic carbocycles. The lowest BCUT2D eigenvalue weighted by Gasteiger charge is -2.06. The van der Waals surface area contributed by atoms with Crippen LogP contribution < -0.4 is 5.43 Å². The van der Waals surface area contributed by atoms with Gasteiger partial charge >= 0.3 is 0 Å². The molecule has 0 atom stereocenters. The molecular weight excluding hydrogens is 394 g/mol. The van der Waals surface area contributed by atoms with Gasteiger partial charge in [0.2, 0.25) is 0 Å². The second-order valence-corrected chi connectivity index (χ2v) is 7.26. The number of rotatable bonds is 9. The van der Waals surface area contributed by atoms with E-state index >= 15 is 0 Å². The summed E-state index contributed by atoms with van der Waals surface area (Å²) in [4.78, 5) is 15.1. The van der Waals surface area contributed by atoms with Gasteiger partial charge in [0.1, 0.15) is 5.52 Å². The third-order valence-corrected chi connectivity index (χ3v) is 5.07. The van der Waals surface area contributed by atoms with Crippen LogP contribution in [0.2, 0.25) is 0 Å². The van der Waals surface area contributed by atoms with Crippen LogP contribution in [0.15, 0.2) is 53.6 Å². The van der Waals surface area contributed by atoms with Crippen LogP contribution >= 0.6 is 0 Å². The van der Waals surface area contributed by atoms with Crippen LogP contribution in [-0.4, -0.2) is 30.9 Å². The van der Waals surface area contributed by atoms with E-state index in [4.69, 9.17) is 0 Å². The Hall–Kier alpha value is -3.88. The van der Waals surface area contributed by atoms with E-state index in [9.17, 15) is 10.1 Å². The monoisotopic (exact) mass is 417 g/mol. The molecular formula is C22H23N7O2. The molecule has 0 aliphatic carbocycles. The Morgan fingerprint density at radius 2 is 2.00 bits per heavy atom. The molecule has 0 unspecified atom stereocenters. The second kappa shape index (κ2) is 9.29. The first-order chi connectivity index (χ1) is 15.2. The number of hydrogen-bond donors (Lipinski definition) is 1. The van der Waals surface area contributed by atoms with Crippen molar-refractivity contribution >= 4 is 39.9 Å². The molecule has 0 saturated carbocycles.